The summed E-state index contributed by atoms with van der Waals surface area (Å²) in [4.78, 5) is 0. The van der Waals surface area contributed by atoms with Gasteiger partial charge in [-0.3, -0.25) is 0 Å². The normalized spacial score (nSPS) is 10.5. The van der Waals surface area contributed by atoms with Gasteiger partial charge in [-0.05, 0) is 24.5 Å². The molecule has 0 atom stereocenters. The highest BCUT2D eigenvalue weighted by Crippen LogP contribution is 2.19. The minimum atomic E-state index is 0.462. The lowest BCUT2D eigenvalue weighted by atomic mass is 10.0. The van der Waals surface area contributed by atoms with Crippen molar-refractivity contribution in [1.29, 1.82) is 0 Å². The van der Waals surface area contributed by atoms with Crippen molar-refractivity contribution in [3.63, 3.8) is 0 Å². The van der Waals surface area contributed by atoms with Crippen LogP contribution in [0.2, 0.25) is 0 Å². The summed E-state index contributed by atoms with van der Waals surface area (Å²) >= 11 is 0. The number of phenolic OH excluding ortho intramolecular Hbond substituents is 1. The Bertz CT molecular complexity index is 403. The van der Waals surface area contributed by atoms with Crippen molar-refractivity contribution in [2.24, 2.45) is 0 Å². The molecule has 158 valence electrons. The smallest absolute Gasteiger partial charge is 0.118 e. The Morgan fingerprint density at radius 1 is 0.556 bits per heavy atom. The van der Waals surface area contributed by atoms with Crippen LogP contribution in [0.1, 0.15) is 115 Å². The number of aliphatic hydroxyl groups is 1. The standard InChI is InChI=1S/C24H42O.CH4O/c1-2-3-4-5-6-7-8-9-10-11-12-13-14-15-16-17-20-23-21-18-19-22-24(23)25;1-2/h18-19,21-22,25H,2-17,20H2,1H3;2H,1H3. The molecule has 0 spiro atoms. The van der Waals surface area contributed by atoms with E-state index in [1.54, 1.807) is 6.07 Å². The second-order valence-electron chi connectivity index (χ2n) is 7.68. The van der Waals surface area contributed by atoms with Crippen LogP contribution < -0.4 is 0 Å². The summed E-state index contributed by atoms with van der Waals surface area (Å²) < 4.78 is 0. The number of rotatable bonds is 17. The molecule has 1 aromatic carbocycles. The molecule has 0 radical (unpaired) electrons. The van der Waals surface area contributed by atoms with Crippen molar-refractivity contribution < 1.29 is 10.2 Å². The molecule has 0 heterocycles. The van der Waals surface area contributed by atoms with Crippen LogP contribution in [0, 0.1) is 0 Å². The highest BCUT2D eigenvalue weighted by Gasteiger charge is 1.99. The van der Waals surface area contributed by atoms with E-state index < -0.39 is 0 Å². The first kappa shape index (κ1) is 26.0. The summed E-state index contributed by atoms with van der Waals surface area (Å²) in [5, 5.41) is 16.7. The summed E-state index contributed by atoms with van der Waals surface area (Å²) in [5.41, 5.74) is 1.10. The van der Waals surface area contributed by atoms with Crippen LogP contribution in [0.15, 0.2) is 24.3 Å². The van der Waals surface area contributed by atoms with Gasteiger partial charge in [-0.25, -0.2) is 0 Å². The van der Waals surface area contributed by atoms with Crippen molar-refractivity contribution in [3.05, 3.63) is 29.8 Å². The fourth-order valence-electron chi connectivity index (χ4n) is 3.59. The number of unbranched alkanes of at least 4 members (excludes halogenated alkanes) is 15. The summed E-state index contributed by atoms with van der Waals surface area (Å²) in [5.74, 6) is 0.462. The van der Waals surface area contributed by atoms with Crippen molar-refractivity contribution in [1.82, 2.24) is 0 Å². The second-order valence-corrected chi connectivity index (χ2v) is 7.68. The van der Waals surface area contributed by atoms with E-state index in [0.29, 0.717) is 5.75 Å². The average molecular weight is 379 g/mol. The molecular formula is C25H46O2. The third-order valence-corrected chi connectivity index (χ3v) is 5.29. The number of hydrogen-bond acceptors (Lipinski definition) is 2. The largest absolute Gasteiger partial charge is 0.508 e. The molecule has 0 aliphatic rings. The van der Waals surface area contributed by atoms with E-state index in [2.05, 4.69) is 6.92 Å². The molecule has 0 aromatic heterocycles. The molecule has 0 amide bonds. The number of aliphatic hydroxyl groups excluding tert-OH is 1. The average Bonchev–Trinajstić information content (AvgIpc) is 2.70. The van der Waals surface area contributed by atoms with Gasteiger partial charge in [-0.2, -0.15) is 0 Å². The minimum Gasteiger partial charge on any atom is -0.508 e. The van der Waals surface area contributed by atoms with Crippen molar-refractivity contribution in [2.75, 3.05) is 7.11 Å². The molecule has 27 heavy (non-hydrogen) atoms. The van der Waals surface area contributed by atoms with Crippen molar-refractivity contribution >= 4 is 0 Å². The number of benzene rings is 1. The number of para-hydroxylation sites is 1. The second kappa shape index (κ2) is 21.3. The predicted molar refractivity (Wildman–Crippen MR) is 119 cm³/mol. The molecule has 1 rings (SSSR count). The Kier molecular flexibility index (Phi) is 20.5. The van der Waals surface area contributed by atoms with Gasteiger partial charge in [0, 0.05) is 7.11 Å². The molecule has 1 aromatic rings. The van der Waals surface area contributed by atoms with Crippen LogP contribution in [-0.2, 0) is 6.42 Å². The van der Waals surface area contributed by atoms with Gasteiger partial charge < -0.3 is 10.2 Å². The quantitative estimate of drug-likeness (QED) is 0.271. The monoisotopic (exact) mass is 378 g/mol. The molecule has 0 unspecified atom stereocenters. The van der Waals surface area contributed by atoms with E-state index in [1.165, 1.54) is 103 Å². The SMILES string of the molecule is CCCCCCCCCCCCCCCCCCc1ccccc1O.CO. The lowest BCUT2D eigenvalue weighted by molar-refractivity contribution is 0.399. The lowest BCUT2D eigenvalue weighted by Crippen LogP contribution is -1.87. The fourth-order valence-corrected chi connectivity index (χ4v) is 3.59. The zero-order valence-corrected chi connectivity index (χ0v) is 18.2. The maximum atomic E-state index is 9.74. The first-order valence-electron chi connectivity index (χ1n) is 11.6. The van der Waals surface area contributed by atoms with Crippen molar-refractivity contribution in [2.45, 2.75) is 116 Å². The van der Waals surface area contributed by atoms with Gasteiger partial charge in [0.05, 0.1) is 0 Å². The third-order valence-electron chi connectivity index (χ3n) is 5.29. The van der Waals surface area contributed by atoms with Crippen LogP contribution in [-0.4, -0.2) is 17.3 Å². The van der Waals surface area contributed by atoms with E-state index in [9.17, 15) is 5.11 Å². The van der Waals surface area contributed by atoms with Crippen LogP contribution in [0.5, 0.6) is 5.75 Å². The Balaban J connectivity index is 0.00000326. The highest BCUT2D eigenvalue weighted by molar-refractivity contribution is 5.31. The zero-order chi connectivity index (χ0) is 20.0. The van der Waals surface area contributed by atoms with Gasteiger partial charge in [0.2, 0.25) is 0 Å². The number of hydrogen-bond donors (Lipinski definition) is 2. The van der Waals surface area contributed by atoms with Gasteiger partial charge in [0.1, 0.15) is 5.75 Å². The van der Waals surface area contributed by atoms with E-state index in [1.807, 2.05) is 18.2 Å². The summed E-state index contributed by atoms with van der Waals surface area (Å²) in [6, 6.07) is 7.75. The maximum Gasteiger partial charge on any atom is 0.118 e. The Labute approximate surface area is 169 Å². The van der Waals surface area contributed by atoms with Crippen LogP contribution in [0.4, 0.5) is 0 Å². The Morgan fingerprint density at radius 3 is 1.33 bits per heavy atom. The topological polar surface area (TPSA) is 40.5 Å². The third kappa shape index (κ3) is 16.8. The lowest BCUT2D eigenvalue weighted by Gasteiger charge is -2.05. The molecule has 2 heteroatoms. The van der Waals surface area contributed by atoms with Gasteiger partial charge in [-0.1, -0.05) is 121 Å². The molecule has 0 aliphatic heterocycles. The zero-order valence-electron chi connectivity index (χ0n) is 18.2. The fraction of sp³-hybridized carbons (Fsp3) is 0.760. The molecule has 0 saturated carbocycles. The minimum absolute atomic E-state index is 0.462. The maximum absolute atomic E-state index is 9.74. The Morgan fingerprint density at radius 2 is 0.926 bits per heavy atom. The molecule has 2 N–H and O–H groups in total. The van der Waals surface area contributed by atoms with E-state index in [0.717, 1.165) is 19.1 Å². The molecule has 2 nitrogen and oxygen atoms in total. The molecule has 0 fully saturated rings. The van der Waals surface area contributed by atoms with E-state index in [4.69, 9.17) is 5.11 Å². The van der Waals surface area contributed by atoms with Gasteiger partial charge in [0.25, 0.3) is 0 Å². The molecular weight excluding hydrogens is 332 g/mol. The van der Waals surface area contributed by atoms with Crippen LogP contribution >= 0.6 is 0 Å². The number of phenols is 1. The molecule has 0 aliphatic carbocycles. The van der Waals surface area contributed by atoms with Gasteiger partial charge >= 0.3 is 0 Å². The summed E-state index contributed by atoms with van der Waals surface area (Å²) in [6.45, 7) is 2.29. The predicted octanol–water partition coefficient (Wildman–Crippen LogP) is 7.80. The first-order valence-corrected chi connectivity index (χ1v) is 11.6. The molecule has 0 bridgehead atoms. The summed E-state index contributed by atoms with van der Waals surface area (Å²) in [7, 11) is 1.00. The van der Waals surface area contributed by atoms with Gasteiger partial charge in [-0.15, -0.1) is 0 Å². The first-order chi connectivity index (χ1) is 13.3. The summed E-state index contributed by atoms with van der Waals surface area (Å²) in [6.07, 6.45) is 23.5. The highest BCUT2D eigenvalue weighted by atomic mass is 16.3. The van der Waals surface area contributed by atoms with E-state index in [-0.39, 0.29) is 0 Å². The van der Waals surface area contributed by atoms with E-state index >= 15 is 0 Å². The Hall–Kier alpha value is -1.02. The molecule has 0 saturated heterocycles. The number of aromatic hydroxyl groups is 1. The van der Waals surface area contributed by atoms with Crippen LogP contribution in [0.3, 0.4) is 0 Å². The van der Waals surface area contributed by atoms with Crippen LogP contribution in [0.25, 0.3) is 0 Å². The number of aryl methyl sites for hydroxylation is 1. The van der Waals surface area contributed by atoms with Crippen molar-refractivity contribution in [3.8, 4) is 5.75 Å². The van der Waals surface area contributed by atoms with Gasteiger partial charge in [0.15, 0.2) is 0 Å².